The van der Waals surface area contributed by atoms with Crippen molar-refractivity contribution >= 4 is 16.0 Å². The van der Waals surface area contributed by atoms with Crippen molar-refractivity contribution < 1.29 is 17.9 Å². The number of esters is 1. The molecule has 0 saturated heterocycles. The Morgan fingerprint density at radius 2 is 1.58 bits per heavy atom. The third-order valence-corrected chi connectivity index (χ3v) is 4.64. The second kappa shape index (κ2) is 10.4. The number of nitrogens with two attached hydrogens (primary N) is 1. The average molecular weight is 356 g/mol. The first-order valence-corrected chi connectivity index (χ1v) is 9.95. The van der Waals surface area contributed by atoms with Crippen LogP contribution < -0.4 is 5.14 Å². The molecule has 0 heterocycles. The van der Waals surface area contributed by atoms with E-state index < -0.39 is 16.0 Å². The predicted molar refractivity (Wildman–Crippen MR) is 94.4 cm³/mol. The van der Waals surface area contributed by atoms with Gasteiger partial charge in [-0.25, -0.2) is 18.4 Å². The molecule has 24 heavy (non-hydrogen) atoms. The SMILES string of the molecule is CCCCN(CCCC)CCOC(=O)c1ccc(S(N)(=O)=O)cc1. The summed E-state index contributed by atoms with van der Waals surface area (Å²) in [6.45, 7) is 7.37. The summed E-state index contributed by atoms with van der Waals surface area (Å²) in [6, 6.07) is 5.43. The van der Waals surface area contributed by atoms with Gasteiger partial charge in [-0.3, -0.25) is 4.90 Å². The fourth-order valence-electron chi connectivity index (χ4n) is 2.23. The first kappa shape index (κ1) is 20.6. The van der Waals surface area contributed by atoms with Gasteiger partial charge in [-0.05, 0) is 50.2 Å². The van der Waals surface area contributed by atoms with Crippen LogP contribution in [0.15, 0.2) is 29.2 Å². The van der Waals surface area contributed by atoms with E-state index in [0.29, 0.717) is 18.7 Å². The Hall–Kier alpha value is -1.44. The van der Waals surface area contributed by atoms with Crippen LogP contribution in [0, 0.1) is 0 Å². The molecule has 0 radical (unpaired) electrons. The van der Waals surface area contributed by atoms with E-state index in [4.69, 9.17) is 9.88 Å². The largest absolute Gasteiger partial charge is 0.461 e. The average Bonchev–Trinajstić information content (AvgIpc) is 2.56. The normalized spacial score (nSPS) is 11.7. The number of sulfonamides is 1. The van der Waals surface area contributed by atoms with Gasteiger partial charge in [-0.15, -0.1) is 0 Å². The number of primary sulfonamides is 1. The summed E-state index contributed by atoms with van der Waals surface area (Å²) in [5, 5.41) is 5.03. The van der Waals surface area contributed by atoms with Crippen molar-refractivity contribution in [1.29, 1.82) is 0 Å². The first-order chi connectivity index (χ1) is 11.4. The number of nitrogens with zero attached hydrogens (tertiary/aromatic N) is 1. The molecule has 1 aromatic carbocycles. The standard InChI is InChI=1S/C17H28N2O4S/c1-3-5-11-19(12-6-4-2)13-14-23-17(20)15-7-9-16(10-8-15)24(18,21)22/h7-10H,3-6,11-14H2,1-2H3,(H2,18,21,22). The van der Waals surface area contributed by atoms with Crippen molar-refractivity contribution in [3.63, 3.8) is 0 Å². The lowest BCUT2D eigenvalue weighted by molar-refractivity contribution is 0.0460. The molecule has 0 saturated carbocycles. The van der Waals surface area contributed by atoms with Gasteiger partial charge in [0.2, 0.25) is 10.0 Å². The highest BCUT2D eigenvalue weighted by molar-refractivity contribution is 7.89. The van der Waals surface area contributed by atoms with E-state index in [-0.39, 0.29) is 4.90 Å². The second-order valence-corrected chi connectivity index (χ2v) is 7.32. The van der Waals surface area contributed by atoms with E-state index in [1.807, 2.05) is 0 Å². The molecule has 0 aliphatic heterocycles. The summed E-state index contributed by atoms with van der Waals surface area (Å²) in [5.41, 5.74) is 0.316. The molecule has 6 nitrogen and oxygen atoms in total. The van der Waals surface area contributed by atoms with Crippen LogP contribution in [0.25, 0.3) is 0 Å². The Kier molecular flexibility index (Phi) is 8.95. The molecule has 0 bridgehead atoms. The molecule has 0 unspecified atom stereocenters. The topological polar surface area (TPSA) is 89.7 Å². The number of unbranched alkanes of at least 4 members (excludes halogenated alkanes) is 2. The van der Waals surface area contributed by atoms with Gasteiger partial charge in [0.25, 0.3) is 0 Å². The summed E-state index contributed by atoms with van der Waals surface area (Å²) in [4.78, 5) is 14.3. The maximum Gasteiger partial charge on any atom is 0.338 e. The van der Waals surface area contributed by atoms with Crippen molar-refractivity contribution in [1.82, 2.24) is 4.90 Å². The van der Waals surface area contributed by atoms with Gasteiger partial charge < -0.3 is 4.74 Å². The molecule has 2 N–H and O–H groups in total. The van der Waals surface area contributed by atoms with Crippen molar-refractivity contribution in [3.8, 4) is 0 Å². The van der Waals surface area contributed by atoms with Crippen LogP contribution in [0.4, 0.5) is 0 Å². The van der Waals surface area contributed by atoms with Crippen molar-refractivity contribution in [2.45, 2.75) is 44.4 Å². The van der Waals surface area contributed by atoms with Crippen LogP contribution in [-0.4, -0.2) is 45.5 Å². The molecule has 0 spiro atoms. The minimum absolute atomic E-state index is 0.0237. The molecule has 7 heteroatoms. The van der Waals surface area contributed by atoms with Gasteiger partial charge in [-0.2, -0.15) is 0 Å². The van der Waals surface area contributed by atoms with Crippen molar-refractivity contribution in [3.05, 3.63) is 29.8 Å². The van der Waals surface area contributed by atoms with Gasteiger partial charge in [0.15, 0.2) is 0 Å². The van der Waals surface area contributed by atoms with Crippen LogP contribution in [0.3, 0.4) is 0 Å². The highest BCUT2D eigenvalue weighted by Gasteiger charge is 2.12. The Labute approximate surface area is 145 Å². The van der Waals surface area contributed by atoms with Gasteiger partial charge in [-0.1, -0.05) is 26.7 Å². The summed E-state index contributed by atoms with van der Waals surface area (Å²) in [6.07, 6.45) is 4.54. The van der Waals surface area contributed by atoms with Gasteiger partial charge in [0, 0.05) is 6.54 Å². The Morgan fingerprint density at radius 3 is 2.04 bits per heavy atom. The van der Waals surface area contributed by atoms with E-state index in [1.165, 1.54) is 24.3 Å². The number of carbonyl (C=O) groups excluding carboxylic acids is 1. The maximum atomic E-state index is 12.0. The Morgan fingerprint density at radius 1 is 1.04 bits per heavy atom. The number of hydrogen-bond donors (Lipinski definition) is 1. The molecule has 0 amide bonds. The quantitative estimate of drug-likeness (QED) is 0.615. The van der Waals surface area contributed by atoms with Crippen molar-refractivity contribution in [2.75, 3.05) is 26.2 Å². The molecule has 0 atom stereocenters. The zero-order valence-electron chi connectivity index (χ0n) is 14.5. The van der Waals surface area contributed by atoms with Gasteiger partial charge >= 0.3 is 5.97 Å². The summed E-state index contributed by atoms with van der Waals surface area (Å²) in [5.74, 6) is -0.457. The molecule has 136 valence electrons. The lowest BCUT2D eigenvalue weighted by Crippen LogP contribution is -2.30. The van der Waals surface area contributed by atoms with Crippen LogP contribution in [0.1, 0.15) is 49.9 Å². The molecule has 0 aliphatic carbocycles. The molecular formula is C17H28N2O4S. The fourth-order valence-corrected chi connectivity index (χ4v) is 2.75. The van der Waals surface area contributed by atoms with Gasteiger partial charge in [0.1, 0.15) is 6.61 Å². The van der Waals surface area contributed by atoms with Crippen molar-refractivity contribution in [2.24, 2.45) is 5.14 Å². The molecule has 0 aliphatic rings. The van der Waals surface area contributed by atoms with Crippen LogP contribution in [0.5, 0.6) is 0 Å². The van der Waals surface area contributed by atoms with E-state index in [0.717, 1.165) is 38.8 Å². The highest BCUT2D eigenvalue weighted by Crippen LogP contribution is 2.10. The third kappa shape index (κ3) is 7.42. The second-order valence-electron chi connectivity index (χ2n) is 5.75. The van der Waals surface area contributed by atoms with Crippen LogP contribution >= 0.6 is 0 Å². The minimum atomic E-state index is -3.75. The zero-order chi connectivity index (χ0) is 18.0. The third-order valence-electron chi connectivity index (χ3n) is 3.72. The van der Waals surface area contributed by atoms with E-state index in [9.17, 15) is 13.2 Å². The number of benzene rings is 1. The smallest absolute Gasteiger partial charge is 0.338 e. The van der Waals surface area contributed by atoms with E-state index in [2.05, 4.69) is 18.7 Å². The summed E-state index contributed by atoms with van der Waals surface area (Å²) in [7, 11) is -3.75. The Balaban J connectivity index is 2.49. The summed E-state index contributed by atoms with van der Waals surface area (Å²) >= 11 is 0. The monoisotopic (exact) mass is 356 g/mol. The molecular weight excluding hydrogens is 328 g/mol. The maximum absolute atomic E-state index is 12.0. The predicted octanol–water partition coefficient (Wildman–Crippen LogP) is 2.39. The van der Waals surface area contributed by atoms with Crippen LogP contribution in [0.2, 0.25) is 0 Å². The fraction of sp³-hybridized carbons (Fsp3) is 0.588. The van der Waals surface area contributed by atoms with E-state index in [1.54, 1.807) is 0 Å². The minimum Gasteiger partial charge on any atom is -0.461 e. The number of hydrogen-bond acceptors (Lipinski definition) is 5. The molecule has 0 fully saturated rings. The van der Waals surface area contributed by atoms with E-state index >= 15 is 0 Å². The number of ether oxygens (including phenoxy) is 1. The lowest BCUT2D eigenvalue weighted by Gasteiger charge is -2.21. The zero-order valence-corrected chi connectivity index (χ0v) is 15.3. The number of rotatable bonds is 11. The first-order valence-electron chi connectivity index (χ1n) is 8.40. The Bertz CT molecular complexity index is 592. The highest BCUT2D eigenvalue weighted by atomic mass is 32.2. The van der Waals surface area contributed by atoms with Gasteiger partial charge in [0.05, 0.1) is 10.5 Å². The molecule has 1 aromatic rings. The molecule has 0 aromatic heterocycles. The summed E-state index contributed by atoms with van der Waals surface area (Å²) < 4.78 is 27.7. The number of carbonyl (C=O) groups is 1. The lowest BCUT2D eigenvalue weighted by atomic mass is 10.2. The molecule has 1 rings (SSSR count). The van der Waals surface area contributed by atoms with Crippen LogP contribution in [-0.2, 0) is 14.8 Å².